The van der Waals surface area contributed by atoms with Crippen LogP contribution in [0.25, 0.3) is 0 Å². The summed E-state index contributed by atoms with van der Waals surface area (Å²) in [5.74, 6) is 0.0668. The van der Waals surface area contributed by atoms with Gasteiger partial charge in [-0.15, -0.1) is 0 Å². The van der Waals surface area contributed by atoms with Crippen LogP contribution in [0.3, 0.4) is 0 Å². The lowest BCUT2D eigenvalue weighted by Gasteiger charge is -2.20. The highest BCUT2D eigenvalue weighted by molar-refractivity contribution is 5.75. The van der Waals surface area contributed by atoms with E-state index in [1.165, 1.54) is 5.57 Å². The first-order valence-electron chi connectivity index (χ1n) is 6.10. The molecule has 0 saturated carbocycles. The average molecular weight is 238 g/mol. The number of hydrogen-bond acceptors (Lipinski definition) is 2. The van der Waals surface area contributed by atoms with Gasteiger partial charge in [-0.1, -0.05) is 23.8 Å². The Kier molecular flexibility index (Phi) is 6.22. The van der Waals surface area contributed by atoms with Crippen LogP contribution in [0.2, 0.25) is 0 Å². The van der Waals surface area contributed by atoms with Gasteiger partial charge in [0.25, 0.3) is 0 Å². The monoisotopic (exact) mass is 238 g/mol. The van der Waals surface area contributed by atoms with E-state index >= 15 is 0 Å². The summed E-state index contributed by atoms with van der Waals surface area (Å²) in [7, 11) is 0. The molecule has 1 unspecified atom stereocenters. The molecular formula is C15H26O2. The zero-order valence-electron chi connectivity index (χ0n) is 12.1. The van der Waals surface area contributed by atoms with Gasteiger partial charge >= 0.3 is 5.97 Å². The molecule has 0 N–H and O–H groups in total. The zero-order chi connectivity index (χ0) is 13.6. The van der Waals surface area contributed by atoms with Crippen LogP contribution >= 0.6 is 0 Å². The third-order valence-electron chi connectivity index (χ3n) is 2.54. The first kappa shape index (κ1) is 16.0. The van der Waals surface area contributed by atoms with Gasteiger partial charge in [0.15, 0.2) is 0 Å². The Bertz CT molecular complexity index is 301. The second-order valence-electron chi connectivity index (χ2n) is 5.91. The van der Waals surface area contributed by atoms with Crippen LogP contribution in [0.5, 0.6) is 0 Å². The van der Waals surface area contributed by atoms with Crippen LogP contribution in [0.15, 0.2) is 23.8 Å². The quantitative estimate of drug-likeness (QED) is 0.532. The van der Waals surface area contributed by atoms with Crippen molar-refractivity contribution in [2.24, 2.45) is 11.3 Å². The molecule has 0 heterocycles. The molecule has 0 saturated heterocycles. The minimum Gasteiger partial charge on any atom is -0.465 e. The fraction of sp³-hybridized carbons (Fsp3) is 0.667. The summed E-state index contributed by atoms with van der Waals surface area (Å²) in [5.41, 5.74) is 1.90. The van der Waals surface area contributed by atoms with Crippen molar-refractivity contribution in [2.45, 2.75) is 48.0 Å². The van der Waals surface area contributed by atoms with Gasteiger partial charge in [-0.2, -0.15) is 0 Å². The summed E-state index contributed by atoms with van der Waals surface area (Å²) >= 11 is 0. The highest BCUT2D eigenvalue weighted by Gasteiger charge is 2.24. The number of carbonyl (C=O) groups excluding carboxylic acids is 1. The standard InChI is InChI=1S/C15H26O2/c1-11(2)8-9-13(12(3)4)10-17-14(16)15(5,6)7/h8,13H,3,9-10H2,1-2,4-7H3. The van der Waals surface area contributed by atoms with Gasteiger partial charge in [0.2, 0.25) is 0 Å². The van der Waals surface area contributed by atoms with E-state index in [4.69, 9.17) is 4.74 Å². The van der Waals surface area contributed by atoms with E-state index in [0.717, 1.165) is 12.0 Å². The molecule has 0 amide bonds. The summed E-state index contributed by atoms with van der Waals surface area (Å²) in [6, 6.07) is 0. The zero-order valence-corrected chi connectivity index (χ0v) is 12.1. The van der Waals surface area contributed by atoms with Gasteiger partial charge in [0.1, 0.15) is 0 Å². The summed E-state index contributed by atoms with van der Waals surface area (Å²) in [6.45, 7) is 16.1. The molecule has 0 aromatic rings. The van der Waals surface area contributed by atoms with Crippen molar-refractivity contribution < 1.29 is 9.53 Å². The van der Waals surface area contributed by atoms with Crippen molar-refractivity contribution in [1.29, 1.82) is 0 Å². The van der Waals surface area contributed by atoms with Crippen LogP contribution in [0, 0.1) is 11.3 Å². The Morgan fingerprint density at radius 2 is 1.82 bits per heavy atom. The van der Waals surface area contributed by atoms with Crippen LogP contribution in [0.1, 0.15) is 48.0 Å². The molecule has 17 heavy (non-hydrogen) atoms. The van der Waals surface area contributed by atoms with Gasteiger partial charge in [-0.25, -0.2) is 0 Å². The van der Waals surface area contributed by atoms with E-state index in [1.807, 2.05) is 27.7 Å². The number of allylic oxidation sites excluding steroid dienone is 2. The van der Waals surface area contributed by atoms with Crippen LogP contribution in [-0.2, 0) is 9.53 Å². The van der Waals surface area contributed by atoms with Gasteiger partial charge in [0, 0.05) is 5.92 Å². The van der Waals surface area contributed by atoms with Gasteiger partial charge in [-0.05, 0) is 48.0 Å². The number of carbonyl (C=O) groups is 1. The fourth-order valence-electron chi connectivity index (χ4n) is 1.18. The number of esters is 1. The van der Waals surface area contributed by atoms with Gasteiger partial charge < -0.3 is 4.74 Å². The predicted molar refractivity (Wildman–Crippen MR) is 72.8 cm³/mol. The van der Waals surface area contributed by atoms with Crippen LogP contribution < -0.4 is 0 Å². The van der Waals surface area contributed by atoms with E-state index in [0.29, 0.717) is 6.61 Å². The minimum absolute atomic E-state index is 0.152. The van der Waals surface area contributed by atoms with E-state index < -0.39 is 5.41 Å². The largest absolute Gasteiger partial charge is 0.465 e. The van der Waals surface area contributed by atoms with Crippen molar-refractivity contribution >= 4 is 5.97 Å². The molecule has 1 atom stereocenters. The molecule has 0 bridgehead atoms. The highest BCUT2D eigenvalue weighted by atomic mass is 16.5. The van der Waals surface area contributed by atoms with E-state index in [1.54, 1.807) is 0 Å². The molecule has 0 radical (unpaired) electrons. The molecule has 0 aromatic carbocycles. The third kappa shape index (κ3) is 6.98. The lowest BCUT2D eigenvalue weighted by atomic mass is 9.96. The molecule has 0 spiro atoms. The summed E-state index contributed by atoms with van der Waals surface area (Å²) in [5, 5.41) is 0. The van der Waals surface area contributed by atoms with Crippen molar-refractivity contribution in [1.82, 2.24) is 0 Å². The Morgan fingerprint density at radius 1 is 1.29 bits per heavy atom. The molecule has 0 rings (SSSR count). The maximum atomic E-state index is 11.7. The lowest BCUT2D eigenvalue weighted by Crippen LogP contribution is -2.25. The van der Waals surface area contributed by atoms with Crippen molar-refractivity contribution in [3.8, 4) is 0 Å². The normalized spacial score (nSPS) is 12.8. The predicted octanol–water partition coefficient (Wildman–Crippen LogP) is 4.12. The van der Waals surface area contributed by atoms with Crippen molar-refractivity contribution in [3.63, 3.8) is 0 Å². The maximum Gasteiger partial charge on any atom is 0.311 e. The third-order valence-corrected chi connectivity index (χ3v) is 2.54. The number of ether oxygens (including phenoxy) is 1. The average Bonchev–Trinajstić information content (AvgIpc) is 2.14. The van der Waals surface area contributed by atoms with E-state index in [2.05, 4.69) is 26.5 Å². The van der Waals surface area contributed by atoms with Crippen molar-refractivity contribution in [2.75, 3.05) is 6.61 Å². The highest BCUT2D eigenvalue weighted by Crippen LogP contribution is 2.19. The topological polar surface area (TPSA) is 26.3 Å². The molecule has 0 aromatic heterocycles. The number of rotatable bonds is 5. The van der Waals surface area contributed by atoms with Crippen LogP contribution in [0.4, 0.5) is 0 Å². The molecule has 0 aliphatic rings. The molecule has 0 fully saturated rings. The molecular weight excluding hydrogens is 212 g/mol. The fourth-order valence-corrected chi connectivity index (χ4v) is 1.18. The Hall–Kier alpha value is -1.05. The first-order chi connectivity index (χ1) is 7.64. The van der Waals surface area contributed by atoms with E-state index in [9.17, 15) is 4.79 Å². The SMILES string of the molecule is C=C(C)C(CC=C(C)C)COC(=O)C(C)(C)C. The Morgan fingerprint density at radius 3 is 2.18 bits per heavy atom. The molecule has 0 aliphatic heterocycles. The van der Waals surface area contributed by atoms with E-state index in [-0.39, 0.29) is 11.9 Å². The Labute approximate surface area is 106 Å². The smallest absolute Gasteiger partial charge is 0.311 e. The first-order valence-corrected chi connectivity index (χ1v) is 6.10. The molecule has 98 valence electrons. The molecule has 2 nitrogen and oxygen atoms in total. The Balaban J connectivity index is 4.34. The van der Waals surface area contributed by atoms with Gasteiger partial charge in [0.05, 0.1) is 12.0 Å². The van der Waals surface area contributed by atoms with Crippen molar-refractivity contribution in [3.05, 3.63) is 23.8 Å². The summed E-state index contributed by atoms with van der Waals surface area (Å²) in [6.07, 6.45) is 3.04. The van der Waals surface area contributed by atoms with Crippen LogP contribution in [-0.4, -0.2) is 12.6 Å². The summed E-state index contributed by atoms with van der Waals surface area (Å²) < 4.78 is 5.33. The molecule has 2 heteroatoms. The second-order valence-corrected chi connectivity index (χ2v) is 5.91. The lowest BCUT2D eigenvalue weighted by molar-refractivity contribution is -0.153. The van der Waals surface area contributed by atoms with Gasteiger partial charge in [-0.3, -0.25) is 4.79 Å². The number of hydrogen-bond donors (Lipinski definition) is 0. The maximum absolute atomic E-state index is 11.7. The summed E-state index contributed by atoms with van der Waals surface area (Å²) in [4.78, 5) is 11.7. The second kappa shape index (κ2) is 6.63. The molecule has 0 aliphatic carbocycles. The minimum atomic E-state index is -0.434.